The highest BCUT2D eigenvalue weighted by Gasteiger charge is 2.31. The molecule has 2 unspecified atom stereocenters. The first-order valence-electron chi connectivity index (χ1n) is 9.02. The Hall–Kier alpha value is -0.0300. The van der Waals surface area contributed by atoms with Gasteiger partial charge in [0.15, 0.2) is 0 Å². The quantitative estimate of drug-likeness (QED) is 0.808. The normalized spacial score (nSPS) is 30.3. The Kier molecular flexibility index (Phi) is 9.20. The van der Waals surface area contributed by atoms with Crippen molar-refractivity contribution >= 4 is 30.7 Å². The number of nitrogens with one attached hydrogen (secondary N) is 1. The number of likely N-dealkylation sites (tertiary alicyclic amines) is 1. The molecule has 3 aliphatic rings. The van der Waals surface area contributed by atoms with Crippen molar-refractivity contribution in [2.75, 3.05) is 13.1 Å². The lowest BCUT2D eigenvalue weighted by Crippen LogP contribution is -2.49. The number of hydrogen-bond acceptors (Lipinski definition) is 3. The zero-order valence-electron chi connectivity index (χ0n) is 14.0. The zero-order valence-corrected chi connectivity index (χ0v) is 15.7. The molecular formula is C17H33Cl2N3O. The van der Waals surface area contributed by atoms with Gasteiger partial charge in [-0.1, -0.05) is 19.3 Å². The fourth-order valence-corrected chi connectivity index (χ4v) is 4.43. The van der Waals surface area contributed by atoms with E-state index >= 15 is 0 Å². The highest BCUT2D eigenvalue weighted by molar-refractivity contribution is 5.85. The van der Waals surface area contributed by atoms with Crippen LogP contribution in [-0.2, 0) is 4.79 Å². The summed E-state index contributed by atoms with van der Waals surface area (Å²) in [5.74, 6) is 0.440. The first-order chi connectivity index (χ1) is 10.2. The van der Waals surface area contributed by atoms with Crippen molar-refractivity contribution in [3.63, 3.8) is 0 Å². The number of hydrogen-bond donors (Lipinski definition) is 2. The topological polar surface area (TPSA) is 58.4 Å². The van der Waals surface area contributed by atoms with E-state index in [4.69, 9.17) is 5.73 Å². The van der Waals surface area contributed by atoms with Crippen LogP contribution in [0.5, 0.6) is 0 Å². The molecule has 136 valence electrons. The molecule has 23 heavy (non-hydrogen) atoms. The maximum absolute atomic E-state index is 12.3. The number of nitrogens with two attached hydrogens (primary N) is 1. The summed E-state index contributed by atoms with van der Waals surface area (Å²) in [5.41, 5.74) is 5.91. The molecule has 0 bridgehead atoms. The van der Waals surface area contributed by atoms with Gasteiger partial charge in [0, 0.05) is 37.1 Å². The third-order valence-electron chi connectivity index (χ3n) is 5.81. The molecule has 1 heterocycles. The van der Waals surface area contributed by atoms with E-state index in [0.717, 1.165) is 38.1 Å². The third kappa shape index (κ3) is 5.77. The number of nitrogens with zero attached hydrogens (tertiary/aromatic N) is 1. The highest BCUT2D eigenvalue weighted by Crippen LogP contribution is 2.27. The largest absolute Gasteiger partial charge is 0.353 e. The smallest absolute Gasteiger partial charge is 0.223 e. The first-order valence-corrected chi connectivity index (χ1v) is 9.02. The summed E-state index contributed by atoms with van der Waals surface area (Å²) in [5, 5.41) is 3.28. The predicted octanol–water partition coefficient (Wildman–Crippen LogP) is 2.87. The fraction of sp³-hybridized carbons (Fsp3) is 0.941. The van der Waals surface area contributed by atoms with Crippen LogP contribution >= 0.6 is 24.8 Å². The van der Waals surface area contributed by atoms with E-state index in [2.05, 4.69) is 10.2 Å². The average Bonchev–Trinajstić information content (AvgIpc) is 2.96. The SMILES string of the molecule is Cl.Cl.NC1CCC(C(=O)NC2CCN(C3CCCCC3)CC2)C1. The van der Waals surface area contributed by atoms with Crippen LogP contribution in [0.1, 0.15) is 64.2 Å². The third-order valence-corrected chi connectivity index (χ3v) is 5.81. The molecule has 0 aromatic carbocycles. The minimum Gasteiger partial charge on any atom is -0.353 e. The number of carbonyl (C=O) groups excluding carboxylic acids is 1. The molecule has 2 atom stereocenters. The van der Waals surface area contributed by atoms with Crippen LogP contribution in [0.4, 0.5) is 0 Å². The Morgan fingerprint density at radius 1 is 0.913 bits per heavy atom. The molecule has 4 nitrogen and oxygen atoms in total. The van der Waals surface area contributed by atoms with Crippen LogP contribution in [0.3, 0.4) is 0 Å². The monoisotopic (exact) mass is 365 g/mol. The minimum absolute atomic E-state index is 0. The Bertz CT molecular complexity index is 356. The molecule has 1 saturated heterocycles. The predicted molar refractivity (Wildman–Crippen MR) is 99.4 cm³/mol. The number of halogens is 2. The van der Waals surface area contributed by atoms with Gasteiger partial charge in [-0.25, -0.2) is 0 Å². The number of carbonyl (C=O) groups is 1. The summed E-state index contributed by atoms with van der Waals surface area (Å²) in [6.07, 6.45) is 12.1. The second-order valence-electron chi connectivity index (χ2n) is 7.38. The van der Waals surface area contributed by atoms with Crippen molar-refractivity contribution in [3.8, 4) is 0 Å². The van der Waals surface area contributed by atoms with E-state index in [1.807, 2.05) is 0 Å². The van der Waals surface area contributed by atoms with E-state index in [1.54, 1.807) is 0 Å². The molecule has 1 aliphatic heterocycles. The second kappa shape index (κ2) is 10.1. The van der Waals surface area contributed by atoms with Gasteiger partial charge in [-0.15, -0.1) is 24.8 Å². The summed E-state index contributed by atoms with van der Waals surface area (Å²) in [4.78, 5) is 14.9. The molecular weight excluding hydrogens is 333 g/mol. The van der Waals surface area contributed by atoms with Gasteiger partial charge in [-0.3, -0.25) is 4.79 Å². The average molecular weight is 366 g/mol. The van der Waals surface area contributed by atoms with Crippen LogP contribution in [0, 0.1) is 5.92 Å². The molecule has 2 saturated carbocycles. The molecule has 2 aliphatic carbocycles. The summed E-state index contributed by atoms with van der Waals surface area (Å²) < 4.78 is 0. The van der Waals surface area contributed by atoms with E-state index in [1.165, 1.54) is 45.2 Å². The molecule has 6 heteroatoms. The summed E-state index contributed by atoms with van der Waals surface area (Å²) in [6.45, 7) is 2.33. The van der Waals surface area contributed by atoms with Crippen LogP contribution in [-0.4, -0.2) is 42.0 Å². The van der Waals surface area contributed by atoms with Crippen molar-refractivity contribution in [3.05, 3.63) is 0 Å². The summed E-state index contributed by atoms with van der Waals surface area (Å²) in [6, 6.07) is 1.46. The van der Waals surface area contributed by atoms with E-state index in [0.29, 0.717) is 6.04 Å². The summed E-state index contributed by atoms with van der Waals surface area (Å²) >= 11 is 0. The molecule has 0 radical (unpaired) electrons. The van der Waals surface area contributed by atoms with Gasteiger partial charge < -0.3 is 16.0 Å². The van der Waals surface area contributed by atoms with Gasteiger partial charge in [0.1, 0.15) is 0 Å². The van der Waals surface area contributed by atoms with E-state index in [-0.39, 0.29) is 42.7 Å². The lowest BCUT2D eigenvalue weighted by atomic mass is 9.92. The van der Waals surface area contributed by atoms with Crippen molar-refractivity contribution in [2.24, 2.45) is 11.7 Å². The van der Waals surface area contributed by atoms with Crippen LogP contribution in [0.25, 0.3) is 0 Å². The van der Waals surface area contributed by atoms with Gasteiger partial charge >= 0.3 is 0 Å². The number of piperidine rings is 1. The standard InChI is InChI=1S/C17H31N3O.2ClH/c18-14-7-6-13(12-14)17(21)19-15-8-10-20(11-9-15)16-4-2-1-3-5-16;;/h13-16H,1-12,18H2,(H,19,21);2*1H. The highest BCUT2D eigenvalue weighted by atomic mass is 35.5. The van der Waals surface area contributed by atoms with Crippen molar-refractivity contribution in [1.29, 1.82) is 0 Å². The van der Waals surface area contributed by atoms with Gasteiger partial charge in [-0.05, 0) is 44.9 Å². The number of rotatable bonds is 3. The lowest BCUT2D eigenvalue weighted by Gasteiger charge is -2.39. The molecule has 0 spiro atoms. The fourth-order valence-electron chi connectivity index (χ4n) is 4.43. The van der Waals surface area contributed by atoms with Crippen LogP contribution in [0.15, 0.2) is 0 Å². The second-order valence-corrected chi connectivity index (χ2v) is 7.38. The Balaban J connectivity index is 0.00000132. The molecule has 0 aromatic heterocycles. The van der Waals surface area contributed by atoms with Gasteiger partial charge in [0.05, 0.1) is 0 Å². The van der Waals surface area contributed by atoms with Gasteiger partial charge in [-0.2, -0.15) is 0 Å². The van der Waals surface area contributed by atoms with Crippen molar-refractivity contribution < 1.29 is 4.79 Å². The van der Waals surface area contributed by atoms with Crippen molar-refractivity contribution in [1.82, 2.24) is 10.2 Å². The molecule has 1 amide bonds. The van der Waals surface area contributed by atoms with Gasteiger partial charge in [0.25, 0.3) is 0 Å². The molecule has 3 N–H and O–H groups in total. The summed E-state index contributed by atoms with van der Waals surface area (Å²) in [7, 11) is 0. The zero-order chi connectivity index (χ0) is 14.7. The van der Waals surface area contributed by atoms with Crippen molar-refractivity contribution in [2.45, 2.75) is 82.3 Å². The van der Waals surface area contributed by atoms with E-state index < -0.39 is 0 Å². The molecule has 3 fully saturated rings. The molecule has 3 rings (SSSR count). The van der Waals surface area contributed by atoms with Gasteiger partial charge in [0.2, 0.25) is 5.91 Å². The Morgan fingerprint density at radius 3 is 2.13 bits per heavy atom. The first kappa shape index (κ1) is 21.0. The maximum Gasteiger partial charge on any atom is 0.223 e. The molecule has 0 aromatic rings. The number of amides is 1. The van der Waals surface area contributed by atoms with E-state index in [9.17, 15) is 4.79 Å². The Morgan fingerprint density at radius 2 is 1.57 bits per heavy atom. The van der Waals surface area contributed by atoms with Crippen LogP contribution < -0.4 is 11.1 Å². The lowest BCUT2D eigenvalue weighted by molar-refractivity contribution is -0.125. The maximum atomic E-state index is 12.3. The van der Waals surface area contributed by atoms with Crippen LogP contribution in [0.2, 0.25) is 0 Å². The Labute approximate surface area is 153 Å². The minimum atomic E-state index is 0.